The summed E-state index contributed by atoms with van der Waals surface area (Å²) in [6.07, 6.45) is 2.67. The lowest BCUT2D eigenvalue weighted by Crippen LogP contribution is -2.53. The predicted molar refractivity (Wildman–Crippen MR) is 154 cm³/mol. The number of amides is 3. The number of carbonyl (C=O) groups is 4. The Bertz CT molecular complexity index is 1480. The molecule has 10 nitrogen and oxygen atoms in total. The molecule has 0 aliphatic carbocycles. The van der Waals surface area contributed by atoms with Gasteiger partial charge in [-0.25, -0.2) is 8.42 Å². The molecule has 0 unspecified atom stereocenters. The normalized spacial score (nSPS) is 17.7. The van der Waals surface area contributed by atoms with Gasteiger partial charge >= 0.3 is 5.97 Å². The second-order valence-corrected chi connectivity index (χ2v) is 13.4. The fraction of sp³-hybridized carbons (Fsp3) is 0.400. The van der Waals surface area contributed by atoms with Crippen molar-refractivity contribution in [2.45, 2.75) is 65.1 Å². The summed E-state index contributed by atoms with van der Waals surface area (Å²) in [6, 6.07) is 8.93. The Labute approximate surface area is 239 Å². The van der Waals surface area contributed by atoms with Crippen molar-refractivity contribution in [2.75, 3.05) is 6.54 Å². The van der Waals surface area contributed by atoms with E-state index in [9.17, 15) is 27.6 Å². The maximum absolute atomic E-state index is 13.4. The summed E-state index contributed by atoms with van der Waals surface area (Å²) in [5.74, 6) is -1.94. The molecule has 4 rings (SSSR count). The summed E-state index contributed by atoms with van der Waals surface area (Å²) in [5.41, 5.74) is -0.208. The Balaban J connectivity index is 1.56. The van der Waals surface area contributed by atoms with Gasteiger partial charge in [-0.1, -0.05) is 38.1 Å². The molecule has 11 heteroatoms. The van der Waals surface area contributed by atoms with E-state index in [1.54, 1.807) is 32.9 Å². The maximum atomic E-state index is 13.4. The number of hydrogen-bond donors (Lipinski definition) is 1. The smallest absolute Gasteiger partial charge is 0.323 e. The van der Waals surface area contributed by atoms with Crippen molar-refractivity contribution in [1.82, 2.24) is 15.1 Å². The lowest BCUT2D eigenvalue weighted by Gasteiger charge is -2.30. The van der Waals surface area contributed by atoms with Crippen molar-refractivity contribution in [3.05, 3.63) is 70.7 Å². The average Bonchev–Trinajstić information content (AvgIpc) is 3.11. The first-order valence-corrected chi connectivity index (χ1v) is 15.1. The van der Waals surface area contributed by atoms with Crippen molar-refractivity contribution in [2.24, 2.45) is 5.92 Å². The summed E-state index contributed by atoms with van der Waals surface area (Å²) in [7, 11) is -3.54. The van der Waals surface area contributed by atoms with Crippen molar-refractivity contribution >= 4 is 44.3 Å². The molecular formula is C30H35N3O7S. The number of nitrogens with one attached hydrogen (secondary N) is 1. The van der Waals surface area contributed by atoms with Crippen LogP contribution in [0.1, 0.15) is 68.2 Å². The zero-order valence-electron chi connectivity index (χ0n) is 23.8. The van der Waals surface area contributed by atoms with E-state index in [-0.39, 0.29) is 18.9 Å². The molecule has 0 radical (unpaired) electrons. The quantitative estimate of drug-likeness (QED) is 0.350. The summed E-state index contributed by atoms with van der Waals surface area (Å²) in [6.45, 7) is 8.91. The van der Waals surface area contributed by atoms with Crippen LogP contribution < -0.4 is 5.32 Å². The molecule has 41 heavy (non-hydrogen) atoms. The maximum Gasteiger partial charge on any atom is 0.323 e. The first-order valence-electron chi connectivity index (χ1n) is 13.5. The predicted octanol–water partition coefficient (Wildman–Crippen LogP) is 3.74. The number of carbonyl (C=O) groups excluding carboxylic acids is 4. The number of ether oxygens (including phenoxy) is 1. The number of benzene rings is 2. The van der Waals surface area contributed by atoms with Gasteiger partial charge in [-0.15, -0.1) is 0 Å². The zero-order valence-corrected chi connectivity index (χ0v) is 24.6. The van der Waals surface area contributed by atoms with Gasteiger partial charge in [0.15, 0.2) is 9.84 Å². The molecular weight excluding hydrogens is 546 g/mol. The first kappa shape index (κ1) is 30.1. The van der Waals surface area contributed by atoms with Gasteiger partial charge in [-0.2, -0.15) is 0 Å². The molecule has 0 bridgehead atoms. The lowest BCUT2D eigenvalue weighted by molar-refractivity contribution is -0.158. The minimum atomic E-state index is -3.54. The summed E-state index contributed by atoms with van der Waals surface area (Å²) < 4.78 is 29.1. The highest BCUT2D eigenvalue weighted by Gasteiger charge is 2.38. The molecule has 2 aliphatic heterocycles. The third-order valence-corrected chi connectivity index (χ3v) is 7.66. The van der Waals surface area contributed by atoms with Gasteiger partial charge in [0.1, 0.15) is 11.6 Å². The molecule has 0 saturated carbocycles. The van der Waals surface area contributed by atoms with Gasteiger partial charge in [-0.05, 0) is 62.4 Å². The first-order chi connectivity index (χ1) is 19.1. The number of sulfone groups is 1. The van der Waals surface area contributed by atoms with Crippen LogP contribution in [0.15, 0.2) is 59.6 Å². The summed E-state index contributed by atoms with van der Waals surface area (Å²) in [4.78, 5) is 55.5. The highest BCUT2D eigenvalue weighted by molar-refractivity contribution is 7.97. The highest BCUT2D eigenvalue weighted by Crippen LogP contribution is 2.28. The Morgan fingerprint density at radius 3 is 1.95 bits per heavy atom. The molecule has 2 atom stereocenters. The van der Waals surface area contributed by atoms with E-state index < -0.39 is 51.2 Å². The number of imide groups is 1. The molecule has 0 fully saturated rings. The second-order valence-electron chi connectivity index (χ2n) is 11.6. The van der Waals surface area contributed by atoms with Crippen molar-refractivity contribution in [3.63, 3.8) is 0 Å². The Morgan fingerprint density at radius 1 is 0.927 bits per heavy atom. The van der Waals surface area contributed by atoms with E-state index in [0.29, 0.717) is 17.5 Å². The highest BCUT2D eigenvalue weighted by atomic mass is 32.2. The molecule has 3 amide bonds. The van der Waals surface area contributed by atoms with Crippen LogP contribution in [0.4, 0.5) is 0 Å². The fourth-order valence-electron chi connectivity index (χ4n) is 4.76. The van der Waals surface area contributed by atoms with Crippen LogP contribution in [0, 0.1) is 5.92 Å². The van der Waals surface area contributed by atoms with Gasteiger partial charge in [0, 0.05) is 18.9 Å². The van der Waals surface area contributed by atoms with E-state index >= 15 is 0 Å². The zero-order chi connectivity index (χ0) is 30.1. The molecule has 0 aromatic heterocycles. The van der Waals surface area contributed by atoms with Crippen LogP contribution in [0.25, 0.3) is 10.8 Å². The minimum absolute atomic E-state index is 0.00182. The molecule has 2 aliphatic rings. The fourth-order valence-corrected chi connectivity index (χ4v) is 5.45. The van der Waals surface area contributed by atoms with E-state index in [1.807, 2.05) is 38.1 Å². The number of rotatable bonds is 9. The average molecular weight is 582 g/mol. The molecule has 2 aromatic rings. The number of hydrogen-bond acceptors (Lipinski definition) is 8. The summed E-state index contributed by atoms with van der Waals surface area (Å²) >= 11 is 0. The van der Waals surface area contributed by atoms with Crippen LogP contribution in [0.5, 0.6) is 0 Å². The number of nitrogens with zero attached hydrogens (tertiary/aromatic N) is 2. The van der Waals surface area contributed by atoms with Gasteiger partial charge in [-0.3, -0.25) is 34.3 Å². The third-order valence-electron chi connectivity index (χ3n) is 6.65. The molecule has 0 saturated heterocycles. The Morgan fingerprint density at radius 2 is 1.46 bits per heavy atom. The number of esters is 1. The lowest BCUT2D eigenvalue weighted by atomic mass is 10.0. The Kier molecular flexibility index (Phi) is 8.51. The van der Waals surface area contributed by atoms with Gasteiger partial charge in [0.25, 0.3) is 11.8 Å². The van der Waals surface area contributed by atoms with Gasteiger partial charge in [0.2, 0.25) is 5.91 Å². The van der Waals surface area contributed by atoms with Gasteiger partial charge in [0.05, 0.1) is 28.0 Å². The van der Waals surface area contributed by atoms with E-state index in [1.165, 1.54) is 0 Å². The van der Waals surface area contributed by atoms with Crippen LogP contribution in [0.2, 0.25) is 0 Å². The van der Waals surface area contributed by atoms with Crippen LogP contribution >= 0.6 is 0 Å². The molecule has 1 N–H and O–H groups in total. The molecule has 2 heterocycles. The van der Waals surface area contributed by atoms with Crippen LogP contribution in [-0.2, 0) is 24.2 Å². The van der Waals surface area contributed by atoms with E-state index in [4.69, 9.17) is 4.74 Å². The van der Waals surface area contributed by atoms with E-state index in [2.05, 4.69) is 5.32 Å². The Hall–Kier alpha value is -3.83. The van der Waals surface area contributed by atoms with Gasteiger partial charge < -0.3 is 4.74 Å². The van der Waals surface area contributed by atoms with Crippen LogP contribution in [0.3, 0.4) is 0 Å². The number of fused-ring (bicyclic) bond motifs is 2. The topological polar surface area (TPSA) is 130 Å². The minimum Gasteiger partial charge on any atom is -0.459 e. The second kappa shape index (κ2) is 11.6. The monoisotopic (exact) mass is 581 g/mol. The van der Waals surface area contributed by atoms with E-state index in [0.717, 1.165) is 43.8 Å². The molecule has 2 aromatic carbocycles. The van der Waals surface area contributed by atoms with Crippen molar-refractivity contribution in [1.29, 1.82) is 0 Å². The molecule has 0 spiro atoms. The largest absolute Gasteiger partial charge is 0.459 e. The molecule has 218 valence electrons. The van der Waals surface area contributed by atoms with Crippen molar-refractivity contribution in [3.8, 4) is 0 Å². The van der Waals surface area contributed by atoms with Crippen molar-refractivity contribution < 1.29 is 32.3 Å². The third kappa shape index (κ3) is 7.09. The van der Waals surface area contributed by atoms with Crippen LogP contribution in [-0.4, -0.2) is 66.1 Å². The summed E-state index contributed by atoms with van der Waals surface area (Å²) in [5, 5.41) is 6.62. The SMILES string of the molecule is CC(C)C[C@H](N[C@H](CCN1C(=O)c2cc3ccccc3cc2C1=O)C(=O)OC(C)(C)C)C(=O)N1C=CS(=O)(=O)C=C1. The standard InChI is InChI=1S/C30H35N3O7S/c1-19(2)16-25(28(36)32-12-14-41(38,39)15-13-32)31-24(29(37)40-30(3,4)5)10-11-33-26(34)22-17-20-8-6-7-9-21(20)18-23(22)27(33)35/h6-9,12-15,17-19,24-25,31H,10-11,16H2,1-5H3/t24-,25+/m1/s1.